The normalized spacial score (nSPS) is 36.2. The van der Waals surface area contributed by atoms with Crippen LogP contribution < -0.4 is 0 Å². The van der Waals surface area contributed by atoms with Gasteiger partial charge in [0.2, 0.25) is 5.91 Å². The van der Waals surface area contributed by atoms with Crippen LogP contribution in [0.2, 0.25) is 0 Å². The highest BCUT2D eigenvalue weighted by Gasteiger charge is 2.44. The predicted molar refractivity (Wildman–Crippen MR) is 116 cm³/mol. The number of piperidine rings is 1. The van der Waals surface area contributed by atoms with Crippen molar-refractivity contribution >= 4 is 36.3 Å². The minimum Gasteiger partial charge on any atom is -0.337 e. The van der Waals surface area contributed by atoms with Crippen LogP contribution in [-0.2, 0) is 4.79 Å². The average molecular weight is 457 g/mol. The summed E-state index contributed by atoms with van der Waals surface area (Å²) in [5, 5.41) is 0. The van der Waals surface area contributed by atoms with Gasteiger partial charge in [-0.1, -0.05) is 68.5 Å². The lowest BCUT2D eigenvalue weighted by Crippen LogP contribution is -2.56. The van der Waals surface area contributed by atoms with Gasteiger partial charge in [-0.3, -0.25) is 4.79 Å². The van der Waals surface area contributed by atoms with Crippen molar-refractivity contribution < 1.29 is 4.79 Å². The molecule has 1 aliphatic carbocycles. The molecule has 1 saturated carbocycles. The Morgan fingerprint density at radius 1 is 1.24 bits per heavy atom. The highest BCUT2D eigenvalue weighted by atomic mass is 127. The molecule has 142 valence electrons. The van der Waals surface area contributed by atoms with E-state index in [0.717, 1.165) is 25.7 Å². The number of amides is 1. The number of fused-ring (bicyclic) bond motifs is 1. The van der Waals surface area contributed by atoms with Gasteiger partial charge in [0, 0.05) is 18.5 Å². The van der Waals surface area contributed by atoms with Gasteiger partial charge in [-0.05, 0) is 60.6 Å². The molecule has 0 bridgehead atoms. The SMILES string of the molecule is [B]C1(I)CCCCCCC2C(C1)C(CC(C)CC)CC(=O)N2C(C)C. The van der Waals surface area contributed by atoms with Gasteiger partial charge in [0.05, 0.1) is 7.85 Å². The molecule has 2 aliphatic rings. The number of carbonyl (C=O) groups excluding carboxylic acids is 1. The lowest BCUT2D eigenvalue weighted by Gasteiger charge is -2.50. The first kappa shape index (κ1) is 21.6. The summed E-state index contributed by atoms with van der Waals surface area (Å²) in [5.41, 5.74) is 0. The number of carbonyl (C=O) groups is 1. The molecule has 0 aromatic rings. The van der Waals surface area contributed by atoms with E-state index in [2.05, 4.69) is 55.2 Å². The fourth-order valence-electron chi connectivity index (χ4n) is 5.07. The molecule has 0 aromatic heterocycles. The maximum atomic E-state index is 13.0. The van der Waals surface area contributed by atoms with Crippen LogP contribution in [0.4, 0.5) is 0 Å². The summed E-state index contributed by atoms with van der Waals surface area (Å²) in [7, 11) is 6.74. The minimum absolute atomic E-state index is 0.116. The maximum absolute atomic E-state index is 13.0. The molecule has 4 heteroatoms. The van der Waals surface area contributed by atoms with E-state index in [1.54, 1.807) is 0 Å². The van der Waals surface area contributed by atoms with Crippen molar-refractivity contribution in [3.63, 3.8) is 0 Å². The zero-order valence-corrected chi connectivity index (χ0v) is 18.9. The number of hydrogen-bond donors (Lipinski definition) is 0. The molecule has 0 N–H and O–H groups in total. The van der Waals surface area contributed by atoms with Crippen LogP contribution in [0.1, 0.15) is 91.9 Å². The van der Waals surface area contributed by atoms with E-state index in [9.17, 15) is 4.79 Å². The van der Waals surface area contributed by atoms with Gasteiger partial charge in [-0.25, -0.2) is 0 Å². The van der Waals surface area contributed by atoms with E-state index >= 15 is 0 Å². The molecule has 2 nitrogen and oxygen atoms in total. The molecule has 0 spiro atoms. The summed E-state index contributed by atoms with van der Waals surface area (Å²) in [4.78, 5) is 15.2. The Hall–Kier alpha value is 0.265. The second-order valence-electron chi connectivity index (χ2n) is 9.03. The molecule has 1 amide bonds. The van der Waals surface area contributed by atoms with Gasteiger partial charge < -0.3 is 4.90 Å². The Labute approximate surface area is 170 Å². The Kier molecular flexibility index (Phi) is 8.16. The molecule has 0 aromatic carbocycles. The van der Waals surface area contributed by atoms with Crippen molar-refractivity contribution in [2.75, 3.05) is 0 Å². The van der Waals surface area contributed by atoms with E-state index in [1.165, 1.54) is 38.5 Å². The summed E-state index contributed by atoms with van der Waals surface area (Å²) in [5.74, 6) is 2.16. The van der Waals surface area contributed by atoms with E-state index in [-0.39, 0.29) is 3.32 Å². The van der Waals surface area contributed by atoms with Crippen LogP contribution in [0.3, 0.4) is 0 Å². The third-order valence-electron chi connectivity index (χ3n) is 6.56. The first-order chi connectivity index (χ1) is 11.7. The number of likely N-dealkylation sites (tertiary alicyclic amines) is 1. The maximum Gasteiger partial charge on any atom is 0.223 e. The topological polar surface area (TPSA) is 20.3 Å². The zero-order chi connectivity index (χ0) is 18.6. The van der Waals surface area contributed by atoms with Crippen molar-refractivity contribution in [2.45, 2.75) is 107 Å². The van der Waals surface area contributed by atoms with E-state index in [1.807, 2.05) is 0 Å². The van der Waals surface area contributed by atoms with Crippen LogP contribution in [0.15, 0.2) is 0 Å². The molecule has 2 radical (unpaired) electrons. The molecule has 1 aliphatic heterocycles. The van der Waals surface area contributed by atoms with Crippen LogP contribution >= 0.6 is 22.6 Å². The molecule has 1 saturated heterocycles. The molecule has 25 heavy (non-hydrogen) atoms. The highest BCUT2D eigenvalue weighted by Crippen LogP contribution is 2.44. The fourth-order valence-corrected chi connectivity index (χ4v) is 5.96. The second kappa shape index (κ2) is 9.46. The van der Waals surface area contributed by atoms with Crippen LogP contribution in [0.25, 0.3) is 0 Å². The largest absolute Gasteiger partial charge is 0.337 e. The number of halogens is 1. The van der Waals surface area contributed by atoms with Crippen molar-refractivity contribution in [1.29, 1.82) is 0 Å². The summed E-state index contributed by atoms with van der Waals surface area (Å²) < 4.78 is -0.116. The smallest absolute Gasteiger partial charge is 0.223 e. The quantitative estimate of drug-likeness (QED) is 0.301. The van der Waals surface area contributed by atoms with Crippen LogP contribution in [-0.4, -0.2) is 34.1 Å². The number of hydrogen-bond acceptors (Lipinski definition) is 1. The third kappa shape index (κ3) is 5.87. The fraction of sp³-hybridized carbons (Fsp3) is 0.952. The number of alkyl halides is 1. The monoisotopic (exact) mass is 457 g/mol. The molecule has 5 atom stereocenters. The van der Waals surface area contributed by atoms with Gasteiger partial charge in [0.1, 0.15) is 0 Å². The summed E-state index contributed by atoms with van der Waals surface area (Å²) in [6, 6.07) is 0.694. The Morgan fingerprint density at radius 2 is 1.92 bits per heavy atom. The Bertz CT molecular complexity index is 440. The van der Waals surface area contributed by atoms with Crippen molar-refractivity contribution in [3.05, 3.63) is 0 Å². The minimum atomic E-state index is -0.116. The summed E-state index contributed by atoms with van der Waals surface area (Å²) in [6.45, 7) is 8.98. The van der Waals surface area contributed by atoms with Gasteiger partial charge in [0.25, 0.3) is 0 Å². The van der Waals surface area contributed by atoms with E-state index in [0.29, 0.717) is 35.7 Å². The summed E-state index contributed by atoms with van der Waals surface area (Å²) >= 11 is 2.51. The molecule has 2 rings (SSSR count). The average Bonchev–Trinajstić information content (AvgIpc) is 2.52. The molecular weight excluding hydrogens is 420 g/mol. The number of rotatable bonds is 4. The van der Waals surface area contributed by atoms with Gasteiger partial charge in [-0.2, -0.15) is 0 Å². The van der Waals surface area contributed by atoms with Crippen LogP contribution in [0, 0.1) is 17.8 Å². The predicted octanol–water partition coefficient (Wildman–Crippen LogP) is 5.71. The molecule has 2 fully saturated rings. The van der Waals surface area contributed by atoms with E-state index < -0.39 is 0 Å². The van der Waals surface area contributed by atoms with Gasteiger partial charge in [-0.15, -0.1) is 0 Å². The molecule has 5 unspecified atom stereocenters. The number of nitrogens with zero attached hydrogens (tertiary/aromatic N) is 1. The zero-order valence-electron chi connectivity index (χ0n) is 16.8. The highest BCUT2D eigenvalue weighted by molar-refractivity contribution is 14.1. The van der Waals surface area contributed by atoms with Crippen molar-refractivity contribution in [1.82, 2.24) is 4.90 Å². The lowest BCUT2D eigenvalue weighted by molar-refractivity contribution is -0.146. The van der Waals surface area contributed by atoms with Gasteiger partial charge in [0.15, 0.2) is 0 Å². The van der Waals surface area contributed by atoms with E-state index in [4.69, 9.17) is 7.85 Å². The van der Waals surface area contributed by atoms with Crippen molar-refractivity contribution in [3.8, 4) is 0 Å². The van der Waals surface area contributed by atoms with Crippen LogP contribution in [0.5, 0.6) is 0 Å². The lowest BCUT2D eigenvalue weighted by atomic mass is 9.65. The van der Waals surface area contributed by atoms with Crippen molar-refractivity contribution in [2.24, 2.45) is 17.8 Å². The van der Waals surface area contributed by atoms with Gasteiger partial charge >= 0.3 is 0 Å². The third-order valence-corrected chi connectivity index (χ3v) is 7.54. The second-order valence-corrected chi connectivity index (χ2v) is 11.2. The first-order valence-corrected chi connectivity index (χ1v) is 11.6. The standard InChI is InChI=1S/C21H37BINO/c1-5-16(4)12-17-13-20(25)24(15(2)3)19-10-8-6-7-9-11-21(22,23)14-18(17)19/h15-19H,5-14H2,1-4H3. The molecule has 1 heterocycles. The first-order valence-electron chi connectivity index (χ1n) is 10.5. The summed E-state index contributed by atoms with van der Waals surface area (Å²) in [6.07, 6.45) is 11.5. The Morgan fingerprint density at radius 3 is 2.56 bits per heavy atom. The molecular formula is C21H37BINO. The Balaban J connectivity index is 2.31.